The Morgan fingerprint density at radius 3 is 2.48 bits per heavy atom. The Labute approximate surface area is 179 Å². The number of esters is 1. The van der Waals surface area contributed by atoms with Gasteiger partial charge >= 0.3 is 5.97 Å². The van der Waals surface area contributed by atoms with Gasteiger partial charge in [-0.3, -0.25) is 9.59 Å². The van der Waals surface area contributed by atoms with Crippen molar-refractivity contribution in [3.05, 3.63) is 57.2 Å². The summed E-state index contributed by atoms with van der Waals surface area (Å²) < 4.78 is 5.22. The van der Waals surface area contributed by atoms with Crippen LogP contribution in [0.2, 0.25) is 5.02 Å². The average Bonchev–Trinajstić information content (AvgIpc) is 3.22. The van der Waals surface area contributed by atoms with E-state index in [-0.39, 0.29) is 18.4 Å². The second-order valence-electron chi connectivity index (χ2n) is 6.83. The highest BCUT2D eigenvalue weighted by Gasteiger charge is 2.28. The standard InChI is InChI=1S/C21H25ClN2O4S/c1-4-14(2)19(23-20(26)16-5-7-17(22)8-6-16)21(27)28-12-18(25)24(3)11-15-9-10-29-13-15/h5-10,13-14,19H,4,11-12H2,1-3H3,(H,23,26)/t14-,19-/m0/s1. The molecule has 29 heavy (non-hydrogen) atoms. The van der Waals surface area contributed by atoms with Gasteiger partial charge in [-0.15, -0.1) is 0 Å². The summed E-state index contributed by atoms with van der Waals surface area (Å²) in [7, 11) is 1.66. The van der Waals surface area contributed by atoms with Crippen LogP contribution in [0.25, 0.3) is 0 Å². The quantitative estimate of drug-likeness (QED) is 0.607. The summed E-state index contributed by atoms with van der Waals surface area (Å²) in [5, 5.41) is 7.13. The molecule has 0 saturated heterocycles. The summed E-state index contributed by atoms with van der Waals surface area (Å²) in [4.78, 5) is 38.8. The van der Waals surface area contributed by atoms with Crippen molar-refractivity contribution in [2.45, 2.75) is 32.9 Å². The van der Waals surface area contributed by atoms with Crippen molar-refractivity contribution in [2.75, 3.05) is 13.7 Å². The number of benzene rings is 1. The summed E-state index contributed by atoms with van der Waals surface area (Å²) in [5.41, 5.74) is 1.41. The van der Waals surface area contributed by atoms with Gasteiger partial charge in [0.1, 0.15) is 6.04 Å². The number of hydrogen-bond acceptors (Lipinski definition) is 5. The maximum Gasteiger partial charge on any atom is 0.329 e. The minimum absolute atomic E-state index is 0.155. The van der Waals surface area contributed by atoms with Crippen molar-refractivity contribution in [2.24, 2.45) is 5.92 Å². The van der Waals surface area contributed by atoms with Gasteiger partial charge in [-0.25, -0.2) is 4.79 Å². The number of hydrogen-bond donors (Lipinski definition) is 1. The molecule has 2 amide bonds. The maximum absolute atomic E-state index is 12.6. The fourth-order valence-electron chi connectivity index (χ4n) is 2.57. The van der Waals surface area contributed by atoms with Crippen LogP contribution in [-0.4, -0.2) is 42.4 Å². The van der Waals surface area contributed by atoms with Crippen molar-refractivity contribution < 1.29 is 19.1 Å². The largest absolute Gasteiger partial charge is 0.454 e. The SMILES string of the molecule is CC[C@H](C)[C@H](NC(=O)c1ccc(Cl)cc1)C(=O)OCC(=O)N(C)Cc1ccsc1. The molecular weight excluding hydrogens is 412 g/mol. The Balaban J connectivity index is 1.94. The molecule has 156 valence electrons. The molecule has 1 N–H and O–H groups in total. The van der Waals surface area contributed by atoms with E-state index in [1.807, 2.05) is 30.7 Å². The highest BCUT2D eigenvalue weighted by Crippen LogP contribution is 2.14. The van der Waals surface area contributed by atoms with E-state index in [0.29, 0.717) is 23.6 Å². The molecule has 2 atom stereocenters. The van der Waals surface area contributed by atoms with Crippen LogP contribution < -0.4 is 5.32 Å². The molecule has 0 aliphatic heterocycles. The number of nitrogens with zero attached hydrogens (tertiary/aromatic N) is 1. The van der Waals surface area contributed by atoms with E-state index in [9.17, 15) is 14.4 Å². The Morgan fingerprint density at radius 1 is 1.21 bits per heavy atom. The molecule has 1 heterocycles. The highest BCUT2D eigenvalue weighted by molar-refractivity contribution is 7.07. The minimum atomic E-state index is -0.849. The molecule has 0 unspecified atom stereocenters. The average molecular weight is 437 g/mol. The van der Waals surface area contributed by atoms with Crippen LogP contribution in [0.4, 0.5) is 0 Å². The molecule has 1 aromatic carbocycles. The summed E-state index contributed by atoms with van der Waals surface area (Å²) in [6, 6.07) is 7.47. The molecule has 2 rings (SSSR count). The highest BCUT2D eigenvalue weighted by atomic mass is 35.5. The number of carbonyl (C=O) groups excluding carboxylic acids is 3. The topological polar surface area (TPSA) is 75.7 Å². The van der Waals surface area contributed by atoms with Gasteiger partial charge in [0, 0.05) is 24.2 Å². The molecular formula is C21H25ClN2O4S. The third kappa shape index (κ3) is 6.87. The maximum atomic E-state index is 12.6. The molecule has 0 aliphatic carbocycles. The van der Waals surface area contributed by atoms with Crippen molar-refractivity contribution in [3.63, 3.8) is 0 Å². The Bertz CT molecular complexity index is 824. The molecule has 2 aromatic rings. The van der Waals surface area contributed by atoms with Crippen molar-refractivity contribution in [1.29, 1.82) is 0 Å². The summed E-state index contributed by atoms with van der Waals surface area (Å²) in [5.74, 6) is -1.49. The predicted octanol–water partition coefficient (Wildman–Crippen LogP) is 3.75. The van der Waals surface area contributed by atoms with Crippen LogP contribution in [0.15, 0.2) is 41.1 Å². The van der Waals surface area contributed by atoms with Crippen LogP contribution in [0.5, 0.6) is 0 Å². The number of thiophene rings is 1. The van der Waals surface area contributed by atoms with Gasteiger partial charge in [-0.05, 0) is 52.6 Å². The molecule has 0 radical (unpaired) electrons. The molecule has 0 saturated carbocycles. The van der Waals surface area contributed by atoms with E-state index >= 15 is 0 Å². The van der Waals surface area contributed by atoms with Crippen LogP contribution in [0.1, 0.15) is 36.2 Å². The molecule has 8 heteroatoms. The molecule has 6 nitrogen and oxygen atoms in total. The Kier molecular flexibility index (Phi) is 8.67. The lowest BCUT2D eigenvalue weighted by Crippen LogP contribution is -2.46. The zero-order valence-electron chi connectivity index (χ0n) is 16.7. The molecule has 0 bridgehead atoms. The van der Waals surface area contributed by atoms with E-state index < -0.39 is 17.9 Å². The van der Waals surface area contributed by atoms with Crippen LogP contribution in [-0.2, 0) is 20.9 Å². The minimum Gasteiger partial charge on any atom is -0.454 e. The molecule has 0 aliphatic rings. The van der Waals surface area contributed by atoms with Gasteiger partial charge in [0.05, 0.1) is 0 Å². The van der Waals surface area contributed by atoms with Crippen LogP contribution in [0.3, 0.4) is 0 Å². The lowest BCUT2D eigenvalue weighted by Gasteiger charge is -2.23. The van der Waals surface area contributed by atoms with Gasteiger partial charge in [0.25, 0.3) is 11.8 Å². The number of ether oxygens (including phenoxy) is 1. The first-order valence-corrected chi connectivity index (χ1v) is 10.6. The fraction of sp³-hybridized carbons (Fsp3) is 0.381. The first-order valence-electron chi connectivity index (χ1n) is 9.30. The van der Waals surface area contributed by atoms with E-state index in [4.69, 9.17) is 16.3 Å². The summed E-state index contributed by atoms with van der Waals surface area (Å²) in [6.07, 6.45) is 0.659. The zero-order chi connectivity index (χ0) is 21.4. The van der Waals surface area contributed by atoms with Gasteiger partial charge < -0.3 is 15.0 Å². The van der Waals surface area contributed by atoms with Crippen molar-refractivity contribution >= 4 is 40.7 Å². The summed E-state index contributed by atoms with van der Waals surface area (Å²) in [6.45, 7) is 3.84. The first kappa shape index (κ1) is 22.9. The van der Waals surface area contributed by atoms with Gasteiger partial charge in [-0.1, -0.05) is 31.9 Å². The Morgan fingerprint density at radius 2 is 1.90 bits per heavy atom. The molecule has 0 fully saturated rings. The predicted molar refractivity (Wildman–Crippen MR) is 114 cm³/mol. The monoisotopic (exact) mass is 436 g/mol. The molecule has 0 spiro atoms. The summed E-state index contributed by atoms with van der Waals surface area (Å²) >= 11 is 7.40. The smallest absolute Gasteiger partial charge is 0.329 e. The van der Waals surface area contributed by atoms with E-state index in [1.165, 1.54) is 4.90 Å². The number of carbonyl (C=O) groups is 3. The number of likely N-dealkylation sites (N-methyl/N-ethyl adjacent to an activating group) is 1. The third-order valence-electron chi connectivity index (χ3n) is 4.62. The number of amides is 2. The van der Waals surface area contributed by atoms with Crippen molar-refractivity contribution in [3.8, 4) is 0 Å². The van der Waals surface area contributed by atoms with E-state index in [1.54, 1.807) is 42.6 Å². The van der Waals surface area contributed by atoms with Gasteiger partial charge in [0.15, 0.2) is 6.61 Å². The van der Waals surface area contributed by atoms with E-state index in [2.05, 4.69) is 5.32 Å². The number of nitrogens with one attached hydrogen (secondary N) is 1. The normalized spacial score (nSPS) is 12.7. The van der Waals surface area contributed by atoms with Gasteiger partial charge in [0.2, 0.25) is 0 Å². The fourth-order valence-corrected chi connectivity index (χ4v) is 3.36. The third-order valence-corrected chi connectivity index (χ3v) is 5.61. The zero-order valence-corrected chi connectivity index (χ0v) is 18.3. The van der Waals surface area contributed by atoms with E-state index in [0.717, 1.165) is 5.56 Å². The number of rotatable bonds is 9. The van der Waals surface area contributed by atoms with Crippen LogP contribution in [0, 0.1) is 5.92 Å². The van der Waals surface area contributed by atoms with Crippen molar-refractivity contribution in [1.82, 2.24) is 10.2 Å². The van der Waals surface area contributed by atoms with Crippen LogP contribution >= 0.6 is 22.9 Å². The second kappa shape index (κ2) is 11.0. The number of halogens is 1. The lowest BCUT2D eigenvalue weighted by molar-refractivity contribution is -0.154. The first-order chi connectivity index (χ1) is 13.8. The Hall–Kier alpha value is -2.38. The second-order valence-corrected chi connectivity index (χ2v) is 8.05. The molecule has 1 aromatic heterocycles. The lowest BCUT2D eigenvalue weighted by atomic mass is 9.99. The van der Waals surface area contributed by atoms with Gasteiger partial charge in [-0.2, -0.15) is 11.3 Å².